The van der Waals surface area contributed by atoms with E-state index < -0.39 is 5.60 Å². The van der Waals surface area contributed by atoms with Crippen LogP contribution < -0.4 is 5.32 Å². The van der Waals surface area contributed by atoms with E-state index >= 15 is 0 Å². The van der Waals surface area contributed by atoms with E-state index in [4.69, 9.17) is 20.8 Å². The van der Waals surface area contributed by atoms with E-state index in [1.807, 2.05) is 25.1 Å². The topological polar surface area (TPSA) is 51.5 Å². The van der Waals surface area contributed by atoms with Crippen LogP contribution in [-0.4, -0.2) is 19.6 Å². The molecule has 0 unspecified atom stereocenters. The third-order valence-corrected chi connectivity index (χ3v) is 3.49. The number of benzene rings is 1. The maximum Gasteiger partial charge on any atom is 0.254 e. The first-order valence-corrected chi connectivity index (χ1v) is 6.54. The number of halogens is 1. The van der Waals surface area contributed by atoms with Crippen molar-refractivity contribution in [2.45, 2.75) is 12.5 Å². The molecule has 1 aromatic heterocycles. The van der Waals surface area contributed by atoms with Crippen molar-refractivity contribution in [1.29, 1.82) is 0 Å². The number of furan rings is 1. The predicted molar refractivity (Wildman–Crippen MR) is 76.9 cm³/mol. The molecule has 20 heavy (non-hydrogen) atoms. The number of carbonyl (C=O) groups excluding carboxylic acids is 1. The van der Waals surface area contributed by atoms with Gasteiger partial charge in [0.25, 0.3) is 5.91 Å². The molecule has 1 heterocycles. The van der Waals surface area contributed by atoms with Gasteiger partial charge in [-0.25, -0.2) is 0 Å². The minimum atomic E-state index is -0.649. The Hall–Kier alpha value is -1.78. The number of carbonyl (C=O) groups is 1. The van der Waals surface area contributed by atoms with Gasteiger partial charge in [-0.05, 0) is 30.7 Å². The maximum absolute atomic E-state index is 11.9. The van der Waals surface area contributed by atoms with Crippen LogP contribution in [0.2, 0.25) is 5.02 Å². The molecular weight excluding hydrogens is 278 g/mol. The number of hydrogen-bond acceptors (Lipinski definition) is 3. The van der Waals surface area contributed by atoms with Crippen molar-refractivity contribution in [3.63, 3.8) is 0 Å². The summed E-state index contributed by atoms with van der Waals surface area (Å²) >= 11 is 6.00. The Morgan fingerprint density at radius 3 is 2.85 bits per heavy atom. The highest BCUT2D eigenvalue weighted by Crippen LogP contribution is 2.26. The molecule has 0 spiro atoms. The molecule has 106 valence electrons. The predicted octanol–water partition coefficient (Wildman–Crippen LogP) is 3.22. The maximum atomic E-state index is 11.9. The van der Waals surface area contributed by atoms with Crippen LogP contribution in [0.25, 0.3) is 0 Å². The summed E-state index contributed by atoms with van der Waals surface area (Å²) in [4.78, 5) is 11.9. The number of methoxy groups -OCH3 is 1. The Labute approximate surface area is 122 Å². The van der Waals surface area contributed by atoms with E-state index in [9.17, 15) is 4.79 Å². The van der Waals surface area contributed by atoms with Gasteiger partial charge in [-0.2, -0.15) is 0 Å². The van der Waals surface area contributed by atoms with Gasteiger partial charge >= 0.3 is 0 Å². The molecule has 5 heteroatoms. The van der Waals surface area contributed by atoms with Crippen LogP contribution in [0.15, 0.2) is 47.3 Å². The second kappa shape index (κ2) is 6.11. The van der Waals surface area contributed by atoms with Crippen molar-refractivity contribution in [2.75, 3.05) is 13.7 Å². The van der Waals surface area contributed by atoms with Gasteiger partial charge in [0.1, 0.15) is 11.9 Å². The van der Waals surface area contributed by atoms with Crippen LogP contribution in [0.3, 0.4) is 0 Å². The summed E-state index contributed by atoms with van der Waals surface area (Å²) in [6.45, 7) is 2.22. The number of rotatable bonds is 5. The Bertz CT molecular complexity index is 583. The van der Waals surface area contributed by atoms with E-state index in [1.165, 1.54) is 12.5 Å². The first-order valence-electron chi connectivity index (χ1n) is 6.17. The highest BCUT2D eigenvalue weighted by molar-refractivity contribution is 6.30. The number of amides is 1. The highest BCUT2D eigenvalue weighted by atomic mass is 35.5. The molecule has 1 amide bonds. The average Bonchev–Trinajstić information content (AvgIpc) is 2.98. The summed E-state index contributed by atoms with van der Waals surface area (Å²) in [5.41, 5.74) is 0.735. The average molecular weight is 294 g/mol. The van der Waals surface area contributed by atoms with Crippen LogP contribution >= 0.6 is 11.6 Å². The van der Waals surface area contributed by atoms with Crippen molar-refractivity contribution < 1.29 is 13.9 Å². The molecular formula is C15H16ClNO3. The third kappa shape index (κ3) is 3.21. The second-order valence-electron chi connectivity index (χ2n) is 4.64. The van der Waals surface area contributed by atoms with Gasteiger partial charge < -0.3 is 14.5 Å². The van der Waals surface area contributed by atoms with Gasteiger partial charge in [0, 0.05) is 12.1 Å². The summed E-state index contributed by atoms with van der Waals surface area (Å²) in [5.74, 6) is -0.205. The van der Waals surface area contributed by atoms with Crippen LogP contribution in [0.4, 0.5) is 0 Å². The molecule has 0 saturated carbocycles. The summed E-state index contributed by atoms with van der Waals surface area (Å²) in [6.07, 6.45) is 2.86. The monoisotopic (exact) mass is 293 g/mol. The fourth-order valence-corrected chi connectivity index (χ4v) is 2.04. The van der Waals surface area contributed by atoms with Gasteiger partial charge in [-0.3, -0.25) is 4.79 Å². The van der Waals surface area contributed by atoms with E-state index in [1.54, 1.807) is 19.2 Å². The first kappa shape index (κ1) is 14.6. The number of nitrogens with one attached hydrogen (secondary N) is 1. The second-order valence-corrected chi connectivity index (χ2v) is 5.08. The Kier molecular flexibility index (Phi) is 4.47. The van der Waals surface area contributed by atoms with E-state index in [0.717, 1.165) is 5.56 Å². The lowest BCUT2D eigenvalue weighted by molar-refractivity contribution is 0.00315. The largest absolute Gasteiger partial charge is 0.472 e. The van der Waals surface area contributed by atoms with Crippen molar-refractivity contribution in [3.8, 4) is 0 Å². The molecule has 0 saturated heterocycles. The molecule has 2 rings (SSSR count). The standard InChI is InChI=1S/C15H16ClNO3/c1-15(19-2,12-4-3-5-13(16)8-12)10-17-14(18)11-6-7-20-9-11/h3-9H,10H2,1-2H3,(H,17,18)/t15-/m0/s1. The molecule has 0 fully saturated rings. The molecule has 0 aliphatic carbocycles. The molecule has 4 nitrogen and oxygen atoms in total. The van der Waals surface area contributed by atoms with Crippen LogP contribution in [0, 0.1) is 0 Å². The molecule has 1 N–H and O–H groups in total. The first-order chi connectivity index (χ1) is 9.55. The van der Waals surface area contributed by atoms with E-state index in [0.29, 0.717) is 17.1 Å². The zero-order valence-electron chi connectivity index (χ0n) is 11.4. The smallest absolute Gasteiger partial charge is 0.254 e. The molecule has 2 aromatic rings. The lowest BCUT2D eigenvalue weighted by atomic mass is 9.95. The molecule has 1 aromatic carbocycles. The van der Waals surface area contributed by atoms with Crippen LogP contribution in [0.1, 0.15) is 22.8 Å². The SMILES string of the molecule is CO[C@@](C)(CNC(=O)c1ccoc1)c1cccc(Cl)c1. The summed E-state index contributed by atoms with van der Waals surface area (Å²) < 4.78 is 10.4. The Balaban J connectivity index is 2.10. The molecule has 0 radical (unpaired) electrons. The summed E-state index contributed by atoms with van der Waals surface area (Å²) in [5, 5.41) is 3.46. The van der Waals surface area contributed by atoms with E-state index in [-0.39, 0.29) is 5.91 Å². The Morgan fingerprint density at radius 1 is 1.45 bits per heavy atom. The normalized spacial score (nSPS) is 13.8. The molecule has 0 aliphatic heterocycles. The van der Waals surface area contributed by atoms with Crippen molar-refractivity contribution in [3.05, 3.63) is 59.0 Å². The third-order valence-electron chi connectivity index (χ3n) is 3.26. The minimum absolute atomic E-state index is 0.205. The zero-order chi connectivity index (χ0) is 14.6. The van der Waals surface area contributed by atoms with Crippen molar-refractivity contribution in [1.82, 2.24) is 5.32 Å². The quantitative estimate of drug-likeness (QED) is 0.921. The van der Waals surface area contributed by atoms with Crippen LogP contribution in [0.5, 0.6) is 0 Å². The van der Waals surface area contributed by atoms with Crippen molar-refractivity contribution >= 4 is 17.5 Å². The Morgan fingerprint density at radius 2 is 2.25 bits per heavy atom. The molecule has 0 bridgehead atoms. The van der Waals surface area contributed by atoms with Crippen molar-refractivity contribution in [2.24, 2.45) is 0 Å². The zero-order valence-corrected chi connectivity index (χ0v) is 12.1. The van der Waals surface area contributed by atoms with Gasteiger partial charge in [-0.1, -0.05) is 23.7 Å². The molecule has 0 aliphatic rings. The fourth-order valence-electron chi connectivity index (χ4n) is 1.85. The number of hydrogen-bond donors (Lipinski definition) is 1. The fraction of sp³-hybridized carbons (Fsp3) is 0.267. The van der Waals surface area contributed by atoms with Gasteiger partial charge in [0.15, 0.2) is 0 Å². The summed E-state index contributed by atoms with van der Waals surface area (Å²) in [6, 6.07) is 9.01. The van der Waals surface area contributed by atoms with Crippen LogP contribution in [-0.2, 0) is 10.3 Å². The van der Waals surface area contributed by atoms with Gasteiger partial charge in [0.05, 0.1) is 18.4 Å². The van der Waals surface area contributed by atoms with Gasteiger partial charge in [-0.15, -0.1) is 0 Å². The minimum Gasteiger partial charge on any atom is -0.472 e. The lowest BCUT2D eigenvalue weighted by Crippen LogP contribution is -2.40. The highest BCUT2D eigenvalue weighted by Gasteiger charge is 2.27. The lowest BCUT2D eigenvalue weighted by Gasteiger charge is -2.29. The summed E-state index contributed by atoms with van der Waals surface area (Å²) in [7, 11) is 1.60. The van der Waals surface area contributed by atoms with Gasteiger partial charge in [0.2, 0.25) is 0 Å². The number of ether oxygens (including phenoxy) is 1. The van der Waals surface area contributed by atoms with E-state index in [2.05, 4.69) is 5.32 Å². The molecule has 1 atom stereocenters.